The number of nitrogens with two attached hydrogens (primary N) is 1. The maximum absolute atomic E-state index is 5.88. The summed E-state index contributed by atoms with van der Waals surface area (Å²) in [6, 6.07) is 5.50. The molecule has 0 aliphatic carbocycles. The predicted octanol–water partition coefficient (Wildman–Crippen LogP) is 2.94. The highest BCUT2D eigenvalue weighted by atomic mass is 16.5. The standard InChI is InChI=1S/C15H21N5O/c1-5-11-12(7-6-10(4)17-11)21-14-8-13(20-16)18-15(19-14)9(2)3/h6-9H,5,16H2,1-4H3,(H,18,19,20). The van der Waals surface area contributed by atoms with E-state index in [1.54, 1.807) is 6.07 Å². The van der Waals surface area contributed by atoms with Gasteiger partial charge in [0.15, 0.2) is 5.75 Å². The quantitative estimate of drug-likeness (QED) is 0.649. The Bertz CT molecular complexity index is 627. The van der Waals surface area contributed by atoms with Crippen molar-refractivity contribution in [1.82, 2.24) is 15.0 Å². The summed E-state index contributed by atoms with van der Waals surface area (Å²) in [5.74, 6) is 8.01. The second-order valence-corrected chi connectivity index (χ2v) is 5.10. The van der Waals surface area contributed by atoms with Crippen molar-refractivity contribution in [3.05, 3.63) is 35.4 Å². The molecule has 6 heteroatoms. The zero-order valence-electron chi connectivity index (χ0n) is 12.8. The van der Waals surface area contributed by atoms with Gasteiger partial charge in [0.1, 0.15) is 11.6 Å². The molecule has 0 saturated carbocycles. The molecule has 0 unspecified atom stereocenters. The lowest BCUT2D eigenvalue weighted by Gasteiger charge is -2.12. The van der Waals surface area contributed by atoms with Crippen molar-refractivity contribution in [3.8, 4) is 11.6 Å². The van der Waals surface area contributed by atoms with Gasteiger partial charge in [-0.2, -0.15) is 4.98 Å². The zero-order valence-corrected chi connectivity index (χ0v) is 12.8. The van der Waals surface area contributed by atoms with Gasteiger partial charge < -0.3 is 10.2 Å². The smallest absolute Gasteiger partial charge is 0.224 e. The molecule has 3 N–H and O–H groups in total. The highest BCUT2D eigenvalue weighted by molar-refractivity contribution is 5.40. The molecule has 0 amide bonds. The van der Waals surface area contributed by atoms with Crippen LogP contribution in [0.4, 0.5) is 5.82 Å². The van der Waals surface area contributed by atoms with Crippen LogP contribution >= 0.6 is 0 Å². The summed E-state index contributed by atoms with van der Waals surface area (Å²) in [4.78, 5) is 13.2. The maximum atomic E-state index is 5.88. The minimum absolute atomic E-state index is 0.183. The van der Waals surface area contributed by atoms with Gasteiger partial charge in [0.05, 0.1) is 5.69 Å². The minimum atomic E-state index is 0.183. The van der Waals surface area contributed by atoms with Gasteiger partial charge in [0.2, 0.25) is 5.88 Å². The number of hydrogen-bond acceptors (Lipinski definition) is 6. The molecule has 0 aliphatic heterocycles. The van der Waals surface area contributed by atoms with Crippen molar-refractivity contribution >= 4 is 5.82 Å². The molecule has 0 saturated heterocycles. The van der Waals surface area contributed by atoms with Crippen molar-refractivity contribution in [1.29, 1.82) is 0 Å². The summed E-state index contributed by atoms with van der Waals surface area (Å²) < 4.78 is 5.88. The average molecular weight is 287 g/mol. The molecule has 0 radical (unpaired) electrons. The average Bonchev–Trinajstić information content (AvgIpc) is 2.48. The first-order valence-corrected chi connectivity index (χ1v) is 7.03. The van der Waals surface area contributed by atoms with Gasteiger partial charge in [-0.1, -0.05) is 20.8 Å². The maximum Gasteiger partial charge on any atom is 0.224 e. The summed E-state index contributed by atoms with van der Waals surface area (Å²) in [6.45, 7) is 8.04. The van der Waals surface area contributed by atoms with Crippen molar-refractivity contribution in [2.24, 2.45) is 5.84 Å². The molecule has 21 heavy (non-hydrogen) atoms. The lowest BCUT2D eigenvalue weighted by molar-refractivity contribution is 0.449. The first kappa shape index (κ1) is 15.2. The lowest BCUT2D eigenvalue weighted by Crippen LogP contribution is -2.11. The molecule has 0 fully saturated rings. The fourth-order valence-corrected chi connectivity index (χ4v) is 1.88. The van der Waals surface area contributed by atoms with Crippen molar-refractivity contribution in [2.45, 2.75) is 40.0 Å². The topological polar surface area (TPSA) is 86.0 Å². The first-order valence-electron chi connectivity index (χ1n) is 7.03. The van der Waals surface area contributed by atoms with Crippen molar-refractivity contribution in [3.63, 3.8) is 0 Å². The molecule has 2 aromatic rings. The number of nitrogens with zero attached hydrogens (tertiary/aromatic N) is 3. The SMILES string of the molecule is CCc1nc(C)ccc1Oc1cc(NN)nc(C(C)C)n1. The van der Waals surface area contributed by atoms with E-state index in [0.29, 0.717) is 23.3 Å². The third kappa shape index (κ3) is 3.66. The Morgan fingerprint density at radius 3 is 2.62 bits per heavy atom. The fourth-order valence-electron chi connectivity index (χ4n) is 1.88. The highest BCUT2D eigenvalue weighted by Gasteiger charge is 2.11. The van der Waals surface area contributed by atoms with Crippen LogP contribution in [-0.2, 0) is 6.42 Å². The third-order valence-corrected chi connectivity index (χ3v) is 3.01. The normalized spacial score (nSPS) is 10.8. The molecular weight excluding hydrogens is 266 g/mol. The number of anilines is 1. The van der Waals surface area contributed by atoms with Gasteiger partial charge in [-0.3, -0.25) is 4.98 Å². The van der Waals surface area contributed by atoms with E-state index in [-0.39, 0.29) is 5.92 Å². The number of rotatable bonds is 5. The van der Waals surface area contributed by atoms with E-state index in [0.717, 1.165) is 17.8 Å². The lowest BCUT2D eigenvalue weighted by atomic mass is 10.2. The van der Waals surface area contributed by atoms with Crippen LogP contribution in [-0.4, -0.2) is 15.0 Å². The molecule has 0 atom stereocenters. The van der Waals surface area contributed by atoms with Crippen LogP contribution in [0.5, 0.6) is 11.6 Å². The predicted molar refractivity (Wildman–Crippen MR) is 82.4 cm³/mol. The molecule has 0 bridgehead atoms. The molecular formula is C15H21N5O. The largest absolute Gasteiger partial charge is 0.437 e. The monoisotopic (exact) mass is 287 g/mol. The molecule has 0 aliphatic rings. The summed E-state index contributed by atoms with van der Waals surface area (Å²) in [5, 5.41) is 0. The second-order valence-electron chi connectivity index (χ2n) is 5.10. The Morgan fingerprint density at radius 2 is 2.00 bits per heavy atom. The van der Waals surface area contributed by atoms with E-state index in [2.05, 4.69) is 20.4 Å². The van der Waals surface area contributed by atoms with E-state index in [1.807, 2.05) is 39.8 Å². The van der Waals surface area contributed by atoms with E-state index in [1.165, 1.54) is 0 Å². The van der Waals surface area contributed by atoms with Crippen LogP contribution in [0, 0.1) is 6.92 Å². The summed E-state index contributed by atoms with van der Waals surface area (Å²) in [7, 11) is 0. The first-order chi connectivity index (χ1) is 10.0. The van der Waals surface area contributed by atoms with Gasteiger partial charge >= 0.3 is 0 Å². The Morgan fingerprint density at radius 1 is 1.24 bits per heavy atom. The second kappa shape index (κ2) is 6.49. The van der Waals surface area contributed by atoms with E-state index in [4.69, 9.17) is 10.6 Å². The van der Waals surface area contributed by atoms with Crippen LogP contribution in [0.15, 0.2) is 18.2 Å². The van der Waals surface area contributed by atoms with Crippen LogP contribution < -0.4 is 16.0 Å². The summed E-state index contributed by atoms with van der Waals surface area (Å²) in [6.07, 6.45) is 0.793. The number of hydrazine groups is 1. The number of hydrogen-bond donors (Lipinski definition) is 2. The molecule has 2 heterocycles. The van der Waals surface area contributed by atoms with Gasteiger partial charge in [-0.05, 0) is 25.5 Å². The molecule has 2 rings (SSSR count). The van der Waals surface area contributed by atoms with Gasteiger partial charge in [0, 0.05) is 17.7 Å². The zero-order chi connectivity index (χ0) is 15.4. The van der Waals surface area contributed by atoms with E-state index < -0.39 is 0 Å². The number of aromatic nitrogens is 3. The Kier molecular flexibility index (Phi) is 4.70. The molecule has 0 spiro atoms. The number of aryl methyl sites for hydroxylation is 2. The van der Waals surface area contributed by atoms with Crippen LogP contribution in [0.25, 0.3) is 0 Å². The summed E-state index contributed by atoms with van der Waals surface area (Å²) >= 11 is 0. The van der Waals surface area contributed by atoms with Gasteiger partial charge in [0.25, 0.3) is 0 Å². The van der Waals surface area contributed by atoms with Crippen LogP contribution in [0.2, 0.25) is 0 Å². The number of nitrogens with one attached hydrogen (secondary N) is 1. The number of pyridine rings is 1. The molecule has 6 nitrogen and oxygen atoms in total. The van der Waals surface area contributed by atoms with E-state index in [9.17, 15) is 0 Å². The molecule has 112 valence electrons. The van der Waals surface area contributed by atoms with E-state index >= 15 is 0 Å². The van der Waals surface area contributed by atoms with Crippen LogP contribution in [0.3, 0.4) is 0 Å². The Labute approximate surface area is 124 Å². The minimum Gasteiger partial charge on any atom is -0.437 e. The molecule has 2 aromatic heterocycles. The fraction of sp³-hybridized carbons (Fsp3) is 0.400. The van der Waals surface area contributed by atoms with Gasteiger partial charge in [-0.15, -0.1) is 0 Å². The van der Waals surface area contributed by atoms with Crippen molar-refractivity contribution in [2.75, 3.05) is 5.43 Å². The highest BCUT2D eigenvalue weighted by Crippen LogP contribution is 2.26. The van der Waals surface area contributed by atoms with Crippen LogP contribution in [0.1, 0.15) is 43.9 Å². The van der Waals surface area contributed by atoms with Gasteiger partial charge in [-0.25, -0.2) is 10.8 Å². The molecule has 0 aromatic carbocycles. The number of nitrogen functional groups attached to an aromatic ring is 1. The summed E-state index contributed by atoms with van der Waals surface area (Å²) in [5.41, 5.74) is 4.41. The third-order valence-electron chi connectivity index (χ3n) is 3.01. The Balaban J connectivity index is 2.37. The Hall–Kier alpha value is -2.21. The number of ether oxygens (including phenoxy) is 1. The van der Waals surface area contributed by atoms with Crippen molar-refractivity contribution < 1.29 is 4.74 Å².